The van der Waals surface area contributed by atoms with Crippen molar-refractivity contribution in [2.45, 2.75) is 40.3 Å². The van der Waals surface area contributed by atoms with Gasteiger partial charge >= 0.3 is 6.03 Å². The Hall–Kier alpha value is -1.86. The van der Waals surface area contributed by atoms with Gasteiger partial charge in [0, 0.05) is 57.7 Å². The van der Waals surface area contributed by atoms with E-state index in [4.69, 9.17) is 11.6 Å². The lowest BCUT2D eigenvalue weighted by Gasteiger charge is -2.38. The fourth-order valence-electron chi connectivity index (χ4n) is 3.32. The van der Waals surface area contributed by atoms with Crippen LogP contribution in [0.5, 0.6) is 0 Å². The summed E-state index contributed by atoms with van der Waals surface area (Å²) in [6.45, 7) is 12.1. The van der Waals surface area contributed by atoms with Gasteiger partial charge in [-0.1, -0.05) is 12.1 Å². The molecule has 1 aromatic carbocycles. The maximum Gasteiger partial charge on any atom is 0.317 e. The molecule has 1 aliphatic rings. The van der Waals surface area contributed by atoms with Crippen LogP contribution in [0.4, 0.5) is 9.18 Å². The van der Waals surface area contributed by atoms with Crippen molar-refractivity contribution in [3.8, 4) is 0 Å². The molecule has 1 aromatic rings. The first-order valence-electron chi connectivity index (χ1n) is 10.5. The Bertz CT molecular complexity index is 704. The van der Waals surface area contributed by atoms with Gasteiger partial charge in [0.05, 0.1) is 5.41 Å². The number of amides is 3. The number of urea groups is 1. The van der Waals surface area contributed by atoms with Crippen LogP contribution in [0.2, 0.25) is 0 Å². The number of piperazine rings is 1. The van der Waals surface area contributed by atoms with Crippen LogP contribution in [-0.2, 0) is 11.3 Å². The topological polar surface area (TPSA) is 55.9 Å². The highest BCUT2D eigenvalue weighted by Crippen LogP contribution is 2.21. The Morgan fingerprint density at radius 1 is 1.17 bits per heavy atom. The second-order valence-electron chi connectivity index (χ2n) is 8.80. The fourth-order valence-corrected chi connectivity index (χ4v) is 3.44. The van der Waals surface area contributed by atoms with E-state index in [1.807, 2.05) is 32.6 Å². The molecule has 0 aliphatic carbocycles. The van der Waals surface area contributed by atoms with E-state index in [0.717, 1.165) is 18.7 Å². The molecule has 1 heterocycles. The van der Waals surface area contributed by atoms with E-state index >= 15 is 0 Å². The van der Waals surface area contributed by atoms with Gasteiger partial charge in [0.2, 0.25) is 5.91 Å². The summed E-state index contributed by atoms with van der Waals surface area (Å²) in [7, 11) is 0. The first-order chi connectivity index (χ1) is 14.1. The largest absolute Gasteiger partial charge is 0.340 e. The Morgan fingerprint density at radius 2 is 1.77 bits per heavy atom. The Kier molecular flexibility index (Phi) is 8.92. The lowest BCUT2D eigenvalue weighted by Crippen LogP contribution is -2.54. The van der Waals surface area contributed by atoms with Crippen molar-refractivity contribution in [3.63, 3.8) is 0 Å². The molecule has 0 aromatic heterocycles. The molecule has 0 saturated carbocycles. The summed E-state index contributed by atoms with van der Waals surface area (Å²) in [5.74, 6) is 0.100. The van der Waals surface area contributed by atoms with Crippen molar-refractivity contribution in [2.75, 3.05) is 45.1 Å². The summed E-state index contributed by atoms with van der Waals surface area (Å²) in [6.07, 6.45) is 0. The van der Waals surface area contributed by atoms with Crippen molar-refractivity contribution in [2.24, 2.45) is 5.41 Å². The molecular formula is C22H34ClFN4O2. The minimum absolute atomic E-state index is 0.0352. The zero-order chi connectivity index (χ0) is 22.3. The molecule has 0 spiro atoms. The van der Waals surface area contributed by atoms with Gasteiger partial charge in [-0.3, -0.25) is 9.69 Å². The molecule has 8 heteroatoms. The highest BCUT2D eigenvalue weighted by Gasteiger charge is 2.33. The van der Waals surface area contributed by atoms with Crippen LogP contribution in [0.1, 0.15) is 33.3 Å². The maximum atomic E-state index is 13.2. The third kappa shape index (κ3) is 7.13. The molecule has 30 heavy (non-hydrogen) atoms. The fraction of sp³-hybridized carbons (Fsp3) is 0.636. The van der Waals surface area contributed by atoms with Crippen molar-refractivity contribution < 1.29 is 14.0 Å². The summed E-state index contributed by atoms with van der Waals surface area (Å²) >= 11 is 5.94. The molecule has 0 bridgehead atoms. The van der Waals surface area contributed by atoms with E-state index in [9.17, 15) is 14.0 Å². The van der Waals surface area contributed by atoms with Crippen molar-refractivity contribution in [3.05, 3.63) is 35.6 Å². The van der Waals surface area contributed by atoms with E-state index < -0.39 is 5.41 Å². The lowest BCUT2D eigenvalue weighted by atomic mass is 9.94. The molecule has 3 amide bonds. The van der Waals surface area contributed by atoms with Crippen LogP contribution in [0, 0.1) is 11.2 Å². The Balaban J connectivity index is 1.91. The van der Waals surface area contributed by atoms with Crippen LogP contribution in [0.25, 0.3) is 0 Å². The van der Waals surface area contributed by atoms with E-state index in [-0.39, 0.29) is 23.8 Å². The Labute approximate surface area is 184 Å². The summed E-state index contributed by atoms with van der Waals surface area (Å²) < 4.78 is 13.2. The zero-order valence-corrected chi connectivity index (χ0v) is 19.2. The summed E-state index contributed by atoms with van der Waals surface area (Å²) in [5, 5.41) is 2.94. The average molecular weight is 441 g/mol. The van der Waals surface area contributed by atoms with Gasteiger partial charge in [0.15, 0.2) is 0 Å². The van der Waals surface area contributed by atoms with Crippen LogP contribution >= 0.6 is 11.6 Å². The summed E-state index contributed by atoms with van der Waals surface area (Å²) in [4.78, 5) is 31.1. The number of rotatable bonds is 8. The third-order valence-electron chi connectivity index (χ3n) is 5.24. The van der Waals surface area contributed by atoms with Crippen LogP contribution in [0.15, 0.2) is 24.3 Å². The van der Waals surface area contributed by atoms with Crippen LogP contribution in [0.3, 0.4) is 0 Å². The first kappa shape index (κ1) is 24.4. The minimum atomic E-state index is -0.551. The highest BCUT2D eigenvalue weighted by molar-refractivity contribution is 6.19. The van der Waals surface area contributed by atoms with Gasteiger partial charge in [0.1, 0.15) is 5.82 Å². The molecule has 0 radical (unpaired) electrons. The summed E-state index contributed by atoms with van der Waals surface area (Å²) in [5.41, 5.74) is 0.332. The number of halogens is 2. The molecule has 1 N–H and O–H groups in total. The van der Waals surface area contributed by atoms with Crippen molar-refractivity contribution in [1.29, 1.82) is 0 Å². The standard InChI is InChI=1S/C22H34ClFN4O2/c1-17(2)25-21(30)28(15-18-5-7-19(24)8-6-18)14-11-26-9-12-27(13-10-26)20(29)22(3,4)16-23/h5-8,17H,9-16H2,1-4H3,(H,25,30). The molecule has 1 aliphatic heterocycles. The number of nitrogens with zero attached hydrogens (tertiary/aromatic N) is 3. The SMILES string of the molecule is CC(C)NC(=O)N(CCN1CCN(C(=O)C(C)(C)CCl)CC1)Cc1ccc(F)cc1. The van der Waals surface area contributed by atoms with Crippen molar-refractivity contribution >= 4 is 23.5 Å². The summed E-state index contributed by atoms with van der Waals surface area (Å²) in [6, 6.07) is 6.13. The zero-order valence-electron chi connectivity index (χ0n) is 18.5. The molecule has 168 valence electrons. The number of benzene rings is 1. The monoisotopic (exact) mass is 440 g/mol. The highest BCUT2D eigenvalue weighted by atomic mass is 35.5. The number of alkyl halides is 1. The van der Waals surface area contributed by atoms with Gasteiger partial charge < -0.3 is 15.1 Å². The van der Waals surface area contributed by atoms with E-state index in [2.05, 4.69) is 10.2 Å². The molecular weight excluding hydrogens is 407 g/mol. The molecule has 0 unspecified atom stereocenters. The third-order valence-corrected chi connectivity index (χ3v) is 5.91. The predicted molar refractivity (Wildman–Crippen MR) is 118 cm³/mol. The second-order valence-corrected chi connectivity index (χ2v) is 9.07. The normalized spacial score (nSPS) is 15.4. The molecule has 6 nitrogen and oxygen atoms in total. The molecule has 0 atom stereocenters. The smallest absolute Gasteiger partial charge is 0.317 e. The molecule has 1 saturated heterocycles. The number of hydrogen-bond donors (Lipinski definition) is 1. The van der Waals surface area contributed by atoms with Crippen molar-refractivity contribution in [1.82, 2.24) is 20.0 Å². The van der Waals surface area contributed by atoms with Crippen LogP contribution in [-0.4, -0.2) is 77.8 Å². The Morgan fingerprint density at radius 3 is 2.30 bits per heavy atom. The van der Waals surface area contributed by atoms with Gasteiger partial charge in [-0.2, -0.15) is 0 Å². The molecule has 1 fully saturated rings. The number of carbonyl (C=O) groups excluding carboxylic acids is 2. The van der Waals surface area contributed by atoms with Gasteiger partial charge in [-0.15, -0.1) is 11.6 Å². The van der Waals surface area contributed by atoms with Crippen LogP contribution < -0.4 is 5.32 Å². The van der Waals surface area contributed by atoms with E-state index in [1.165, 1.54) is 12.1 Å². The van der Waals surface area contributed by atoms with Gasteiger partial charge in [-0.05, 0) is 45.4 Å². The number of nitrogens with one attached hydrogen (secondary N) is 1. The maximum absolute atomic E-state index is 13.2. The minimum Gasteiger partial charge on any atom is -0.340 e. The second kappa shape index (κ2) is 11.0. The number of hydrogen-bond acceptors (Lipinski definition) is 3. The van der Waals surface area contributed by atoms with E-state index in [0.29, 0.717) is 38.6 Å². The quantitative estimate of drug-likeness (QED) is 0.632. The molecule has 2 rings (SSSR count). The first-order valence-corrected chi connectivity index (χ1v) is 11.0. The lowest BCUT2D eigenvalue weighted by molar-refractivity contribution is -0.141. The van der Waals surface area contributed by atoms with E-state index in [1.54, 1.807) is 17.0 Å². The number of carbonyl (C=O) groups is 2. The van der Waals surface area contributed by atoms with Gasteiger partial charge in [0.25, 0.3) is 0 Å². The predicted octanol–water partition coefficient (Wildman–Crippen LogP) is 3.15. The van der Waals surface area contributed by atoms with Gasteiger partial charge in [-0.25, -0.2) is 9.18 Å². The average Bonchev–Trinajstić information content (AvgIpc) is 2.71.